The minimum absolute atomic E-state index is 0.0589. The first kappa shape index (κ1) is 14.7. The van der Waals surface area contributed by atoms with E-state index >= 15 is 0 Å². The molecule has 1 heterocycles. The smallest absolute Gasteiger partial charge is 0.416 e. The maximum Gasteiger partial charge on any atom is 0.416 e. The van der Waals surface area contributed by atoms with Crippen molar-refractivity contribution in [1.82, 2.24) is 5.32 Å². The molecular formula is C15H16F3NO. The number of hydrogen-bond acceptors (Lipinski definition) is 2. The van der Waals surface area contributed by atoms with Crippen LogP contribution < -0.4 is 5.32 Å². The minimum atomic E-state index is -4.29. The number of nitrogens with one attached hydrogen (secondary N) is 1. The van der Waals surface area contributed by atoms with Crippen LogP contribution in [0.5, 0.6) is 0 Å². The Morgan fingerprint density at radius 2 is 2.00 bits per heavy atom. The van der Waals surface area contributed by atoms with Crippen LogP contribution in [-0.4, -0.2) is 6.04 Å². The number of furan rings is 1. The Balaban J connectivity index is 1.92. The highest BCUT2D eigenvalue weighted by Gasteiger charge is 2.30. The first-order valence-electron chi connectivity index (χ1n) is 6.37. The van der Waals surface area contributed by atoms with Crippen LogP contribution in [0, 0.1) is 0 Å². The van der Waals surface area contributed by atoms with E-state index in [-0.39, 0.29) is 6.04 Å². The maximum atomic E-state index is 12.6. The van der Waals surface area contributed by atoms with Gasteiger partial charge in [0.1, 0.15) is 5.76 Å². The van der Waals surface area contributed by atoms with E-state index in [2.05, 4.69) is 5.32 Å². The summed E-state index contributed by atoms with van der Waals surface area (Å²) in [6, 6.07) is 9.15. The third-order valence-corrected chi connectivity index (χ3v) is 3.00. The summed E-state index contributed by atoms with van der Waals surface area (Å²) >= 11 is 0. The summed E-state index contributed by atoms with van der Waals surface area (Å²) in [5.41, 5.74) is 0.0625. The van der Waals surface area contributed by atoms with Crippen LogP contribution in [0.4, 0.5) is 13.2 Å². The molecule has 0 aliphatic heterocycles. The Kier molecular flexibility index (Phi) is 4.49. The minimum Gasteiger partial charge on any atom is -0.468 e. The van der Waals surface area contributed by atoms with E-state index in [9.17, 15) is 13.2 Å². The molecule has 0 aliphatic rings. The summed E-state index contributed by atoms with van der Waals surface area (Å²) in [5.74, 6) is 0.806. The van der Waals surface area contributed by atoms with Crippen molar-refractivity contribution in [2.45, 2.75) is 32.1 Å². The van der Waals surface area contributed by atoms with Crippen molar-refractivity contribution < 1.29 is 17.6 Å². The molecule has 0 radical (unpaired) electrons. The number of rotatable bonds is 5. The second kappa shape index (κ2) is 6.13. The van der Waals surface area contributed by atoms with Gasteiger partial charge in [-0.3, -0.25) is 0 Å². The van der Waals surface area contributed by atoms with Crippen molar-refractivity contribution in [3.8, 4) is 0 Å². The van der Waals surface area contributed by atoms with E-state index in [1.807, 2.05) is 13.0 Å². The van der Waals surface area contributed by atoms with Crippen molar-refractivity contribution in [3.05, 3.63) is 59.5 Å². The fourth-order valence-electron chi connectivity index (χ4n) is 1.99. The third-order valence-electron chi connectivity index (χ3n) is 3.00. The van der Waals surface area contributed by atoms with Crippen molar-refractivity contribution >= 4 is 0 Å². The van der Waals surface area contributed by atoms with E-state index in [1.54, 1.807) is 18.4 Å². The molecule has 5 heteroatoms. The van der Waals surface area contributed by atoms with Crippen LogP contribution in [0.15, 0.2) is 47.1 Å². The summed E-state index contributed by atoms with van der Waals surface area (Å²) in [7, 11) is 0. The van der Waals surface area contributed by atoms with Gasteiger partial charge in [0.05, 0.1) is 18.4 Å². The van der Waals surface area contributed by atoms with Crippen molar-refractivity contribution in [2.24, 2.45) is 0 Å². The highest BCUT2D eigenvalue weighted by molar-refractivity contribution is 5.26. The Hall–Kier alpha value is -1.75. The molecule has 1 aromatic carbocycles. The van der Waals surface area contributed by atoms with Crippen molar-refractivity contribution in [1.29, 1.82) is 0 Å². The topological polar surface area (TPSA) is 25.2 Å². The van der Waals surface area contributed by atoms with Crippen molar-refractivity contribution in [2.75, 3.05) is 0 Å². The van der Waals surface area contributed by atoms with E-state index in [0.717, 1.165) is 11.8 Å². The van der Waals surface area contributed by atoms with Crippen LogP contribution in [0.2, 0.25) is 0 Å². The molecule has 1 aromatic heterocycles. The average molecular weight is 283 g/mol. The summed E-state index contributed by atoms with van der Waals surface area (Å²) in [4.78, 5) is 0. The SMILES string of the molecule is CC(Cc1cccc(C(F)(F)F)c1)NCc1ccco1. The number of alkyl halides is 3. The molecule has 0 spiro atoms. The van der Waals surface area contributed by atoms with E-state index < -0.39 is 11.7 Å². The molecular weight excluding hydrogens is 267 g/mol. The highest BCUT2D eigenvalue weighted by atomic mass is 19.4. The number of benzene rings is 1. The normalized spacial score (nSPS) is 13.4. The molecule has 1 unspecified atom stereocenters. The quantitative estimate of drug-likeness (QED) is 0.896. The average Bonchev–Trinajstić information content (AvgIpc) is 2.89. The monoisotopic (exact) mass is 283 g/mol. The van der Waals surface area contributed by atoms with Crippen LogP contribution in [0.1, 0.15) is 23.8 Å². The number of hydrogen-bond donors (Lipinski definition) is 1. The van der Waals surface area contributed by atoms with Gasteiger partial charge in [-0.05, 0) is 37.1 Å². The molecule has 20 heavy (non-hydrogen) atoms. The van der Waals surface area contributed by atoms with Gasteiger partial charge in [-0.15, -0.1) is 0 Å². The number of halogens is 3. The Morgan fingerprint density at radius 1 is 1.20 bits per heavy atom. The van der Waals surface area contributed by atoms with E-state index in [0.29, 0.717) is 18.5 Å². The lowest BCUT2D eigenvalue weighted by Gasteiger charge is -2.14. The fraction of sp³-hybridized carbons (Fsp3) is 0.333. The Labute approximate surface area is 115 Å². The van der Waals surface area contributed by atoms with Gasteiger partial charge in [0.2, 0.25) is 0 Å². The van der Waals surface area contributed by atoms with Crippen LogP contribution in [-0.2, 0) is 19.1 Å². The van der Waals surface area contributed by atoms with Crippen LogP contribution in [0.3, 0.4) is 0 Å². The van der Waals surface area contributed by atoms with E-state index in [4.69, 9.17) is 4.42 Å². The highest BCUT2D eigenvalue weighted by Crippen LogP contribution is 2.29. The zero-order valence-electron chi connectivity index (χ0n) is 11.1. The summed E-state index contributed by atoms with van der Waals surface area (Å²) in [6.45, 7) is 2.50. The summed E-state index contributed by atoms with van der Waals surface area (Å²) in [6.07, 6.45) is -2.17. The van der Waals surface area contributed by atoms with Gasteiger partial charge in [-0.1, -0.05) is 18.2 Å². The predicted octanol–water partition coefficient (Wildman–Crippen LogP) is 4.02. The van der Waals surface area contributed by atoms with Gasteiger partial charge in [0.15, 0.2) is 0 Å². The molecule has 2 nitrogen and oxygen atoms in total. The zero-order chi connectivity index (χ0) is 14.6. The first-order valence-corrected chi connectivity index (χ1v) is 6.37. The molecule has 1 N–H and O–H groups in total. The third kappa shape index (κ3) is 4.13. The summed E-state index contributed by atoms with van der Waals surface area (Å²) in [5, 5.41) is 3.22. The Morgan fingerprint density at radius 3 is 2.65 bits per heavy atom. The summed E-state index contributed by atoms with van der Waals surface area (Å²) < 4.78 is 43.0. The molecule has 0 saturated heterocycles. The second-order valence-corrected chi connectivity index (χ2v) is 4.76. The molecule has 0 fully saturated rings. The standard InChI is InChI=1S/C15H16F3NO/c1-11(19-10-14-6-3-7-20-14)8-12-4-2-5-13(9-12)15(16,17)18/h2-7,9,11,19H,8,10H2,1H3. The first-order chi connectivity index (χ1) is 9.45. The molecule has 1 atom stereocenters. The lowest BCUT2D eigenvalue weighted by Crippen LogP contribution is -2.27. The largest absolute Gasteiger partial charge is 0.468 e. The lowest BCUT2D eigenvalue weighted by atomic mass is 10.0. The van der Waals surface area contributed by atoms with Crippen molar-refractivity contribution in [3.63, 3.8) is 0 Å². The second-order valence-electron chi connectivity index (χ2n) is 4.76. The lowest BCUT2D eigenvalue weighted by molar-refractivity contribution is -0.137. The van der Waals surface area contributed by atoms with Crippen LogP contribution in [0.25, 0.3) is 0 Å². The molecule has 0 aliphatic carbocycles. The Bertz CT molecular complexity index is 534. The van der Waals surface area contributed by atoms with Gasteiger partial charge >= 0.3 is 6.18 Å². The van der Waals surface area contributed by atoms with Gasteiger partial charge in [0.25, 0.3) is 0 Å². The van der Waals surface area contributed by atoms with E-state index in [1.165, 1.54) is 12.1 Å². The molecule has 0 saturated carbocycles. The molecule has 108 valence electrons. The molecule has 2 rings (SSSR count). The van der Waals surface area contributed by atoms with Gasteiger partial charge in [-0.2, -0.15) is 13.2 Å². The zero-order valence-corrected chi connectivity index (χ0v) is 11.1. The van der Waals surface area contributed by atoms with Gasteiger partial charge in [-0.25, -0.2) is 0 Å². The maximum absolute atomic E-state index is 12.6. The van der Waals surface area contributed by atoms with Crippen LogP contribution >= 0.6 is 0 Å². The molecule has 2 aromatic rings. The van der Waals surface area contributed by atoms with Gasteiger partial charge in [0, 0.05) is 6.04 Å². The fourth-order valence-corrected chi connectivity index (χ4v) is 1.99. The van der Waals surface area contributed by atoms with Gasteiger partial charge < -0.3 is 9.73 Å². The molecule has 0 bridgehead atoms. The molecule has 0 amide bonds. The predicted molar refractivity (Wildman–Crippen MR) is 70.2 cm³/mol.